The summed E-state index contributed by atoms with van der Waals surface area (Å²) in [5.41, 5.74) is 4.00. The summed E-state index contributed by atoms with van der Waals surface area (Å²) >= 11 is 3.25. The first-order valence-electron chi connectivity index (χ1n) is 5.42. The highest BCUT2D eigenvalue weighted by molar-refractivity contribution is 9.10. The van der Waals surface area contributed by atoms with Crippen LogP contribution < -0.4 is 16.0 Å². The van der Waals surface area contributed by atoms with Crippen molar-refractivity contribution < 1.29 is 9.13 Å². The lowest BCUT2D eigenvalue weighted by molar-refractivity contribution is 0.378. The first-order chi connectivity index (χ1) is 9.13. The average molecular weight is 327 g/mol. The van der Waals surface area contributed by atoms with E-state index < -0.39 is 6.04 Å². The molecule has 1 aromatic heterocycles. The zero-order valence-corrected chi connectivity index (χ0v) is 11.7. The molecule has 1 heterocycles. The Kier molecular flexibility index (Phi) is 4.41. The molecule has 2 aromatic rings. The molecule has 5 nitrogen and oxygen atoms in total. The van der Waals surface area contributed by atoms with Gasteiger partial charge in [-0.2, -0.15) is 0 Å². The summed E-state index contributed by atoms with van der Waals surface area (Å²) in [6.45, 7) is 0. The third-order valence-electron chi connectivity index (χ3n) is 2.55. The maximum Gasteiger partial charge on any atom is 0.316 e. The van der Waals surface area contributed by atoms with Gasteiger partial charge in [-0.25, -0.2) is 19.8 Å². The highest BCUT2D eigenvalue weighted by Crippen LogP contribution is 2.24. The number of ether oxygens (including phenoxy) is 1. The van der Waals surface area contributed by atoms with Crippen LogP contribution in [-0.2, 0) is 0 Å². The van der Waals surface area contributed by atoms with Crippen molar-refractivity contribution in [2.75, 3.05) is 7.11 Å². The average Bonchev–Trinajstić information content (AvgIpc) is 2.39. The van der Waals surface area contributed by atoms with Crippen molar-refractivity contribution in [3.8, 4) is 6.01 Å². The molecular formula is C12H12BrFN4O. The van der Waals surface area contributed by atoms with Gasteiger partial charge in [0.15, 0.2) is 0 Å². The normalized spacial score (nSPS) is 12.2. The topological polar surface area (TPSA) is 73.1 Å². The van der Waals surface area contributed by atoms with Crippen LogP contribution in [0.3, 0.4) is 0 Å². The van der Waals surface area contributed by atoms with Gasteiger partial charge in [-0.1, -0.05) is 15.9 Å². The molecule has 100 valence electrons. The van der Waals surface area contributed by atoms with Crippen LogP contribution >= 0.6 is 15.9 Å². The van der Waals surface area contributed by atoms with E-state index in [4.69, 9.17) is 10.6 Å². The molecule has 0 spiro atoms. The van der Waals surface area contributed by atoms with E-state index >= 15 is 0 Å². The van der Waals surface area contributed by atoms with Crippen molar-refractivity contribution in [1.82, 2.24) is 15.4 Å². The van der Waals surface area contributed by atoms with Gasteiger partial charge in [0, 0.05) is 22.4 Å². The van der Waals surface area contributed by atoms with Crippen LogP contribution in [0.2, 0.25) is 0 Å². The maximum atomic E-state index is 13.4. The molecule has 19 heavy (non-hydrogen) atoms. The Bertz CT molecular complexity index is 544. The smallest absolute Gasteiger partial charge is 0.316 e. The van der Waals surface area contributed by atoms with E-state index in [1.165, 1.54) is 19.2 Å². The third kappa shape index (κ3) is 3.25. The first kappa shape index (κ1) is 13.9. The van der Waals surface area contributed by atoms with Crippen molar-refractivity contribution in [3.05, 3.63) is 52.0 Å². The van der Waals surface area contributed by atoms with Crippen molar-refractivity contribution >= 4 is 15.9 Å². The van der Waals surface area contributed by atoms with E-state index in [1.54, 1.807) is 18.5 Å². The number of nitrogens with two attached hydrogens (primary N) is 1. The number of nitrogens with zero attached hydrogens (tertiary/aromatic N) is 2. The fourth-order valence-corrected chi connectivity index (χ4v) is 2.19. The van der Waals surface area contributed by atoms with Crippen molar-refractivity contribution in [2.24, 2.45) is 5.84 Å². The van der Waals surface area contributed by atoms with Crippen molar-refractivity contribution in [3.63, 3.8) is 0 Å². The molecule has 0 aliphatic carbocycles. The van der Waals surface area contributed by atoms with Crippen LogP contribution in [-0.4, -0.2) is 17.1 Å². The van der Waals surface area contributed by atoms with Gasteiger partial charge < -0.3 is 4.74 Å². The summed E-state index contributed by atoms with van der Waals surface area (Å²) in [7, 11) is 1.48. The van der Waals surface area contributed by atoms with Gasteiger partial charge in [-0.15, -0.1) is 0 Å². The van der Waals surface area contributed by atoms with Gasteiger partial charge in [0.1, 0.15) is 5.82 Å². The molecule has 2 rings (SSSR count). The maximum absolute atomic E-state index is 13.4. The predicted octanol–water partition coefficient (Wildman–Crippen LogP) is 1.94. The van der Waals surface area contributed by atoms with Crippen molar-refractivity contribution in [1.29, 1.82) is 0 Å². The molecular weight excluding hydrogens is 315 g/mol. The highest BCUT2D eigenvalue weighted by Gasteiger charge is 2.15. The number of methoxy groups -OCH3 is 1. The second-order valence-corrected chi connectivity index (χ2v) is 4.72. The van der Waals surface area contributed by atoms with Crippen molar-refractivity contribution in [2.45, 2.75) is 6.04 Å². The van der Waals surface area contributed by atoms with E-state index in [9.17, 15) is 4.39 Å². The molecule has 0 saturated heterocycles. The first-order valence-corrected chi connectivity index (χ1v) is 6.21. The number of hydrogen-bond donors (Lipinski definition) is 2. The number of hydrazine groups is 1. The highest BCUT2D eigenvalue weighted by atomic mass is 79.9. The minimum absolute atomic E-state index is 0.264. The number of hydrogen-bond acceptors (Lipinski definition) is 5. The molecule has 0 aliphatic heterocycles. The fourth-order valence-electron chi connectivity index (χ4n) is 1.71. The zero-order chi connectivity index (χ0) is 13.8. The van der Waals surface area contributed by atoms with Gasteiger partial charge in [0.25, 0.3) is 0 Å². The molecule has 3 N–H and O–H groups in total. The molecule has 0 bridgehead atoms. The Labute approximate surface area is 118 Å². The molecule has 0 saturated carbocycles. The summed E-state index contributed by atoms with van der Waals surface area (Å²) in [5, 5.41) is 0. The lowest BCUT2D eigenvalue weighted by Crippen LogP contribution is -2.29. The molecule has 1 unspecified atom stereocenters. The number of halogens is 2. The predicted molar refractivity (Wildman–Crippen MR) is 71.9 cm³/mol. The standard InChI is InChI=1S/C12H12BrFN4O/c1-19-12-16-5-8(6-17-12)11(18-15)7-2-9(13)4-10(14)3-7/h2-6,11,18H,15H2,1H3. The minimum atomic E-state index is -0.405. The molecule has 0 amide bonds. The summed E-state index contributed by atoms with van der Waals surface area (Å²) in [6, 6.07) is 4.41. The molecule has 1 atom stereocenters. The molecule has 0 aliphatic rings. The van der Waals surface area contributed by atoms with Gasteiger partial charge in [0.2, 0.25) is 0 Å². The fraction of sp³-hybridized carbons (Fsp3) is 0.167. The lowest BCUT2D eigenvalue weighted by atomic mass is 10.0. The van der Waals surface area contributed by atoms with Gasteiger partial charge in [-0.05, 0) is 23.8 Å². The number of nitrogens with one attached hydrogen (secondary N) is 1. The SMILES string of the molecule is COc1ncc(C(NN)c2cc(F)cc(Br)c2)cn1. The molecule has 1 aromatic carbocycles. The van der Waals surface area contributed by atoms with E-state index in [0.717, 1.165) is 0 Å². The Morgan fingerprint density at radius 2 is 1.95 bits per heavy atom. The van der Waals surface area contributed by atoms with Crippen LogP contribution in [0, 0.1) is 5.82 Å². The van der Waals surface area contributed by atoms with Gasteiger partial charge in [0.05, 0.1) is 13.2 Å². The summed E-state index contributed by atoms with van der Waals surface area (Å²) in [6.07, 6.45) is 3.16. The van der Waals surface area contributed by atoms with E-state index in [1.807, 2.05) is 0 Å². The summed E-state index contributed by atoms with van der Waals surface area (Å²) in [5.74, 6) is 5.18. The van der Waals surface area contributed by atoms with Crippen LogP contribution in [0.5, 0.6) is 6.01 Å². The Morgan fingerprint density at radius 1 is 1.26 bits per heavy atom. The summed E-state index contributed by atoms with van der Waals surface area (Å²) in [4.78, 5) is 8.00. The van der Waals surface area contributed by atoms with Crippen LogP contribution in [0.25, 0.3) is 0 Å². The minimum Gasteiger partial charge on any atom is -0.467 e. The Balaban J connectivity index is 2.37. The van der Waals surface area contributed by atoms with E-state index in [0.29, 0.717) is 15.6 Å². The molecule has 7 heteroatoms. The van der Waals surface area contributed by atoms with Crippen LogP contribution in [0.15, 0.2) is 35.1 Å². The third-order valence-corrected chi connectivity index (χ3v) is 3.01. The molecule has 0 radical (unpaired) electrons. The number of benzene rings is 1. The van der Waals surface area contributed by atoms with E-state index in [-0.39, 0.29) is 11.8 Å². The van der Waals surface area contributed by atoms with E-state index in [2.05, 4.69) is 31.3 Å². The lowest BCUT2D eigenvalue weighted by Gasteiger charge is -2.16. The quantitative estimate of drug-likeness (QED) is 0.663. The van der Waals surface area contributed by atoms with Gasteiger partial charge in [-0.3, -0.25) is 5.84 Å². The Morgan fingerprint density at radius 3 is 2.47 bits per heavy atom. The van der Waals surface area contributed by atoms with Crippen LogP contribution in [0.1, 0.15) is 17.2 Å². The second-order valence-electron chi connectivity index (χ2n) is 3.81. The molecule has 0 fully saturated rings. The van der Waals surface area contributed by atoms with Gasteiger partial charge >= 0.3 is 6.01 Å². The number of aromatic nitrogens is 2. The largest absolute Gasteiger partial charge is 0.467 e. The zero-order valence-electron chi connectivity index (χ0n) is 10.1. The monoisotopic (exact) mass is 326 g/mol. The summed E-state index contributed by atoms with van der Waals surface area (Å²) < 4.78 is 18.9. The number of rotatable bonds is 4. The Hall–Kier alpha value is -1.57. The van der Waals surface area contributed by atoms with Crippen LogP contribution in [0.4, 0.5) is 4.39 Å². The second kappa shape index (κ2) is 6.05.